The number of amides is 1. The van der Waals surface area contributed by atoms with E-state index < -0.39 is 0 Å². The molecule has 2 aromatic carbocycles. The lowest BCUT2D eigenvalue weighted by atomic mass is 9.88. The Bertz CT molecular complexity index is 1060. The molecule has 0 aliphatic carbocycles. The third kappa shape index (κ3) is 4.77. The van der Waals surface area contributed by atoms with Gasteiger partial charge in [0.15, 0.2) is 0 Å². The summed E-state index contributed by atoms with van der Waals surface area (Å²) in [6.07, 6.45) is 4.91. The summed E-state index contributed by atoms with van der Waals surface area (Å²) in [4.78, 5) is 14.9. The number of carbonyl (C=O) groups is 1. The summed E-state index contributed by atoms with van der Waals surface area (Å²) in [6.45, 7) is 11.6. The molecule has 0 spiro atoms. The number of aryl methyl sites for hydroxylation is 1. The minimum absolute atomic E-state index is 0.0763. The van der Waals surface area contributed by atoms with Crippen LogP contribution in [0.2, 0.25) is 5.02 Å². The fourth-order valence-corrected chi connectivity index (χ4v) is 4.26. The van der Waals surface area contributed by atoms with E-state index >= 15 is 0 Å². The summed E-state index contributed by atoms with van der Waals surface area (Å²) >= 11 is 6.59. The Labute approximate surface area is 189 Å². The summed E-state index contributed by atoms with van der Waals surface area (Å²) in [5.74, 6) is 0.174. The monoisotopic (exact) mass is 439 g/mol. The Morgan fingerprint density at radius 2 is 2.00 bits per heavy atom. The summed E-state index contributed by atoms with van der Waals surface area (Å²) in [5, 5.41) is 4.73. The van der Waals surface area contributed by atoms with Gasteiger partial charge < -0.3 is 9.64 Å². The first-order valence-electron chi connectivity index (χ1n) is 10.5. The van der Waals surface area contributed by atoms with Crippen molar-refractivity contribution in [2.75, 3.05) is 18.6 Å². The van der Waals surface area contributed by atoms with Crippen LogP contribution in [0.4, 0.5) is 5.69 Å². The number of hydrogen-bond acceptors (Lipinski definition) is 4. The van der Waals surface area contributed by atoms with Gasteiger partial charge in [-0.2, -0.15) is 5.10 Å². The number of methoxy groups -OCH3 is 1. The normalized spacial score (nSPS) is 14.9. The smallest absolute Gasteiger partial charge is 0.275 e. The highest BCUT2D eigenvalue weighted by Gasteiger charge is 2.31. The lowest BCUT2D eigenvalue weighted by Gasteiger charge is -2.43. The number of rotatable bonds is 6. The van der Waals surface area contributed by atoms with Crippen molar-refractivity contribution in [3.63, 3.8) is 0 Å². The largest absolute Gasteiger partial charge is 0.496 e. The Morgan fingerprint density at radius 1 is 1.26 bits per heavy atom. The number of nitrogens with one attached hydrogen (secondary N) is 1. The van der Waals surface area contributed by atoms with Gasteiger partial charge in [-0.05, 0) is 69.5 Å². The lowest BCUT2D eigenvalue weighted by Crippen LogP contribution is -2.45. The molecule has 6 heteroatoms. The van der Waals surface area contributed by atoms with Crippen molar-refractivity contribution >= 4 is 35.0 Å². The molecule has 0 aromatic heterocycles. The van der Waals surface area contributed by atoms with Crippen LogP contribution in [0.25, 0.3) is 5.57 Å². The van der Waals surface area contributed by atoms with Crippen LogP contribution in [0.15, 0.2) is 41.5 Å². The molecule has 5 nitrogen and oxygen atoms in total. The molecule has 2 aromatic rings. The van der Waals surface area contributed by atoms with Gasteiger partial charge in [-0.3, -0.25) is 4.79 Å². The summed E-state index contributed by atoms with van der Waals surface area (Å²) < 4.78 is 5.31. The van der Waals surface area contributed by atoms with E-state index in [1.54, 1.807) is 19.4 Å². The molecule has 1 aliphatic heterocycles. The van der Waals surface area contributed by atoms with Gasteiger partial charge in [-0.25, -0.2) is 5.43 Å². The zero-order valence-electron chi connectivity index (χ0n) is 19.0. The molecule has 0 unspecified atom stereocenters. The van der Waals surface area contributed by atoms with Crippen LogP contribution >= 0.6 is 11.6 Å². The third-order valence-corrected chi connectivity index (χ3v) is 5.84. The zero-order chi connectivity index (χ0) is 22.8. The molecular formula is C25H30ClN3O2. The summed E-state index contributed by atoms with van der Waals surface area (Å²) in [7, 11) is 1.54. The van der Waals surface area contributed by atoms with Crippen molar-refractivity contribution in [1.29, 1.82) is 0 Å². The zero-order valence-corrected chi connectivity index (χ0v) is 19.8. The summed E-state index contributed by atoms with van der Waals surface area (Å²) in [6, 6.07) is 9.43. The van der Waals surface area contributed by atoms with Gasteiger partial charge in [-0.1, -0.05) is 30.7 Å². The number of nitrogens with zero attached hydrogens (tertiary/aromatic N) is 2. The van der Waals surface area contributed by atoms with E-state index in [0.29, 0.717) is 16.3 Å². The molecule has 0 bridgehead atoms. The van der Waals surface area contributed by atoms with Crippen molar-refractivity contribution in [3.05, 3.63) is 63.7 Å². The minimum atomic E-state index is -0.339. The van der Waals surface area contributed by atoms with Crippen molar-refractivity contribution in [2.24, 2.45) is 5.10 Å². The molecule has 0 radical (unpaired) electrons. The van der Waals surface area contributed by atoms with Crippen LogP contribution in [-0.2, 0) is 0 Å². The molecule has 31 heavy (non-hydrogen) atoms. The van der Waals surface area contributed by atoms with Crippen LogP contribution in [0.5, 0.6) is 5.75 Å². The maximum atomic E-state index is 12.5. The number of carbonyl (C=O) groups excluding carboxylic acids is 1. The van der Waals surface area contributed by atoms with Crippen LogP contribution in [-0.4, -0.2) is 31.3 Å². The van der Waals surface area contributed by atoms with E-state index in [2.05, 4.69) is 49.2 Å². The fraction of sp³-hybridized carbons (Fsp3) is 0.360. The number of benzene rings is 2. The van der Waals surface area contributed by atoms with Crippen LogP contribution in [0, 0.1) is 6.92 Å². The van der Waals surface area contributed by atoms with Gasteiger partial charge in [0.05, 0.1) is 29.4 Å². The predicted molar refractivity (Wildman–Crippen MR) is 130 cm³/mol. The van der Waals surface area contributed by atoms with Gasteiger partial charge in [0.25, 0.3) is 5.91 Å². The number of hydrazone groups is 1. The standard InChI is InChI=1S/C25H30ClN3O2/c1-7-10-29-22-13-21(26)18(12-20(22)17(3)14-25(29,4)5)15-27-28-24(30)19-9-8-16(2)11-23(19)31-6/h8-9,11-15H,7,10H2,1-6H3,(H,28,30)/b27-15-. The first kappa shape index (κ1) is 22.9. The van der Waals surface area contributed by atoms with E-state index in [4.69, 9.17) is 16.3 Å². The molecule has 0 saturated heterocycles. The highest BCUT2D eigenvalue weighted by atomic mass is 35.5. The highest BCUT2D eigenvalue weighted by molar-refractivity contribution is 6.33. The Hall–Kier alpha value is -2.79. The molecule has 0 saturated carbocycles. The minimum Gasteiger partial charge on any atom is -0.496 e. The Kier molecular flexibility index (Phi) is 6.75. The molecule has 1 N–H and O–H groups in total. The fourth-order valence-electron chi connectivity index (χ4n) is 4.05. The second kappa shape index (κ2) is 9.15. The third-order valence-electron chi connectivity index (χ3n) is 5.51. The van der Waals surface area contributed by atoms with Crippen molar-refractivity contribution in [2.45, 2.75) is 46.6 Å². The number of allylic oxidation sites excluding steroid dienone is 1. The van der Waals surface area contributed by atoms with Crippen molar-refractivity contribution in [3.8, 4) is 5.75 Å². The van der Waals surface area contributed by atoms with E-state index in [1.165, 1.54) is 5.57 Å². The van der Waals surface area contributed by atoms with Gasteiger partial charge in [0, 0.05) is 23.4 Å². The molecule has 1 aliphatic rings. The van der Waals surface area contributed by atoms with Crippen LogP contribution in [0.1, 0.15) is 61.2 Å². The molecule has 1 amide bonds. The number of hydrogen-bond donors (Lipinski definition) is 1. The van der Waals surface area contributed by atoms with Gasteiger partial charge in [-0.15, -0.1) is 0 Å². The topological polar surface area (TPSA) is 53.9 Å². The first-order chi connectivity index (χ1) is 14.7. The second-order valence-corrected chi connectivity index (χ2v) is 8.83. The van der Waals surface area contributed by atoms with E-state index in [1.807, 2.05) is 31.2 Å². The van der Waals surface area contributed by atoms with Gasteiger partial charge in [0.1, 0.15) is 5.75 Å². The number of anilines is 1. The molecule has 0 atom stereocenters. The summed E-state index contributed by atoms with van der Waals surface area (Å²) in [5.41, 5.74) is 8.15. The van der Waals surface area contributed by atoms with Crippen molar-refractivity contribution in [1.82, 2.24) is 5.43 Å². The maximum absolute atomic E-state index is 12.5. The first-order valence-corrected chi connectivity index (χ1v) is 10.8. The average Bonchev–Trinajstić information content (AvgIpc) is 2.71. The Balaban J connectivity index is 1.86. The Morgan fingerprint density at radius 3 is 2.68 bits per heavy atom. The average molecular weight is 440 g/mol. The van der Waals surface area contributed by atoms with Gasteiger partial charge >= 0.3 is 0 Å². The molecule has 0 fully saturated rings. The number of ether oxygens (including phenoxy) is 1. The number of halogens is 1. The number of fused-ring (bicyclic) bond motifs is 1. The van der Waals surface area contributed by atoms with Crippen LogP contribution in [0.3, 0.4) is 0 Å². The SMILES string of the molecule is CCCN1c2cc(Cl)c(/C=N\NC(=O)c3ccc(C)cc3OC)cc2C(C)=CC1(C)C. The van der Waals surface area contributed by atoms with E-state index in [-0.39, 0.29) is 11.4 Å². The second-order valence-electron chi connectivity index (χ2n) is 8.43. The quantitative estimate of drug-likeness (QED) is 0.455. The molecule has 164 valence electrons. The maximum Gasteiger partial charge on any atom is 0.275 e. The van der Waals surface area contributed by atoms with E-state index in [0.717, 1.165) is 35.3 Å². The molecule has 3 rings (SSSR count). The van der Waals surface area contributed by atoms with Gasteiger partial charge in [0.2, 0.25) is 0 Å². The van der Waals surface area contributed by atoms with E-state index in [9.17, 15) is 4.79 Å². The predicted octanol–water partition coefficient (Wildman–Crippen LogP) is 5.83. The highest BCUT2D eigenvalue weighted by Crippen LogP contribution is 2.41. The lowest BCUT2D eigenvalue weighted by molar-refractivity contribution is 0.0952. The van der Waals surface area contributed by atoms with Crippen LogP contribution < -0.4 is 15.1 Å². The molecule has 1 heterocycles. The van der Waals surface area contributed by atoms with Crippen molar-refractivity contribution < 1.29 is 9.53 Å². The molecular weight excluding hydrogens is 410 g/mol.